The highest BCUT2D eigenvalue weighted by atomic mass is 19.3. The summed E-state index contributed by atoms with van der Waals surface area (Å²) in [6.45, 7) is 1.65. The maximum absolute atomic E-state index is 14.4. The number of rotatable bonds is 4. The minimum absolute atomic E-state index is 0.109. The average Bonchev–Trinajstić information content (AvgIpc) is 3.00. The number of benzene rings is 1. The van der Waals surface area contributed by atoms with Gasteiger partial charge in [-0.05, 0) is 24.6 Å². The van der Waals surface area contributed by atoms with E-state index >= 15 is 0 Å². The third kappa shape index (κ3) is 3.04. The molecule has 1 aliphatic heterocycles. The van der Waals surface area contributed by atoms with Crippen molar-refractivity contribution in [1.29, 1.82) is 0 Å². The van der Waals surface area contributed by atoms with E-state index in [0.717, 1.165) is 13.0 Å². The second-order valence-electron chi connectivity index (χ2n) is 6.18. The van der Waals surface area contributed by atoms with Crippen LogP contribution in [0.1, 0.15) is 34.4 Å². The number of aromatic nitrogens is 1. The van der Waals surface area contributed by atoms with Gasteiger partial charge in [0.05, 0.1) is 0 Å². The van der Waals surface area contributed by atoms with Crippen LogP contribution in [0.2, 0.25) is 0 Å². The van der Waals surface area contributed by atoms with Gasteiger partial charge in [-0.15, -0.1) is 0 Å². The SMILES string of the molecule is Cc1nc(C(=O)Cc2ccc(F)c([C@@]3(C)N=C(N)OCC3(F)F)c2)co1. The van der Waals surface area contributed by atoms with E-state index in [2.05, 4.69) is 14.7 Å². The summed E-state index contributed by atoms with van der Waals surface area (Å²) in [7, 11) is 0. The Bertz CT molecular complexity index is 894. The number of alkyl halides is 2. The molecule has 0 saturated carbocycles. The number of ether oxygens (including phenoxy) is 1. The number of oxazole rings is 1. The molecule has 0 radical (unpaired) electrons. The van der Waals surface area contributed by atoms with E-state index in [9.17, 15) is 18.0 Å². The molecule has 0 amide bonds. The quantitative estimate of drug-likeness (QED) is 0.839. The van der Waals surface area contributed by atoms with Crippen molar-refractivity contribution in [2.24, 2.45) is 10.7 Å². The molecule has 0 unspecified atom stereocenters. The third-order valence-corrected chi connectivity index (χ3v) is 4.27. The van der Waals surface area contributed by atoms with Gasteiger partial charge in [0.15, 0.2) is 23.8 Å². The number of hydrogen-bond donors (Lipinski definition) is 1. The predicted molar refractivity (Wildman–Crippen MR) is 85.5 cm³/mol. The van der Waals surface area contributed by atoms with Crippen LogP contribution in [-0.4, -0.2) is 29.3 Å². The molecule has 0 fully saturated rings. The zero-order valence-corrected chi connectivity index (χ0v) is 14.1. The Morgan fingerprint density at radius 3 is 2.77 bits per heavy atom. The molecule has 2 N–H and O–H groups in total. The van der Waals surface area contributed by atoms with Crippen molar-refractivity contribution >= 4 is 11.8 Å². The lowest BCUT2D eigenvalue weighted by Gasteiger charge is -2.37. The Labute approximate surface area is 146 Å². The number of aliphatic imine (C=N–C) groups is 1. The van der Waals surface area contributed by atoms with E-state index in [1.165, 1.54) is 18.4 Å². The van der Waals surface area contributed by atoms with E-state index in [4.69, 9.17) is 10.2 Å². The molecule has 0 spiro atoms. The number of halogens is 3. The van der Waals surface area contributed by atoms with Gasteiger partial charge >= 0.3 is 5.92 Å². The normalized spacial score (nSPS) is 21.8. The number of ketones is 1. The Kier molecular flexibility index (Phi) is 4.25. The number of carbonyl (C=O) groups is 1. The van der Waals surface area contributed by atoms with E-state index in [1.54, 1.807) is 6.92 Å². The van der Waals surface area contributed by atoms with Gasteiger partial charge in [-0.25, -0.2) is 14.4 Å². The minimum Gasteiger partial charge on any atom is -0.459 e. The van der Waals surface area contributed by atoms with Crippen LogP contribution in [0.4, 0.5) is 13.2 Å². The van der Waals surface area contributed by atoms with Crippen LogP contribution in [0.3, 0.4) is 0 Å². The molecule has 0 bridgehead atoms. The van der Waals surface area contributed by atoms with Crippen LogP contribution in [0.25, 0.3) is 0 Å². The molecule has 0 saturated heterocycles. The monoisotopic (exact) mass is 367 g/mol. The second-order valence-corrected chi connectivity index (χ2v) is 6.18. The first kappa shape index (κ1) is 18.0. The van der Waals surface area contributed by atoms with Gasteiger partial charge in [0.25, 0.3) is 6.02 Å². The van der Waals surface area contributed by atoms with Crippen LogP contribution in [0, 0.1) is 12.7 Å². The topological polar surface area (TPSA) is 90.7 Å². The molecule has 3 rings (SSSR count). The Morgan fingerprint density at radius 1 is 1.38 bits per heavy atom. The largest absolute Gasteiger partial charge is 0.459 e. The van der Waals surface area contributed by atoms with Crippen molar-refractivity contribution in [3.8, 4) is 0 Å². The number of carbonyl (C=O) groups excluding carboxylic acids is 1. The van der Waals surface area contributed by atoms with E-state index in [-0.39, 0.29) is 23.5 Å². The van der Waals surface area contributed by atoms with E-state index < -0.39 is 29.9 Å². The standard InChI is InChI=1S/C17H16F3N3O3/c1-9-22-13(7-25-9)14(24)6-10-3-4-12(18)11(5-10)16(2)17(19,20)8-26-15(21)23-16/h3-5,7H,6,8H2,1-2H3,(H2,21,23)/t16-/m1/s1. The summed E-state index contributed by atoms with van der Waals surface area (Å²) in [5.41, 5.74) is 3.25. The first-order chi connectivity index (χ1) is 12.1. The van der Waals surface area contributed by atoms with E-state index in [1.807, 2.05) is 0 Å². The molecule has 1 atom stereocenters. The van der Waals surface area contributed by atoms with Crippen molar-refractivity contribution in [3.63, 3.8) is 0 Å². The third-order valence-electron chi connectivity index (χ3n) is 4.27. The van der Waals surface area contributed by atoms with Crippen molar-refractivity contribution in [3.05, 3.63) is 53.0 Å². The van der Waals surface area contributed by atoms with Gasteiger partial charge in [0.2, 0.25) is 0 Å². The number of nitrogens with two attached hydrogens (primary N) is 1. The first-order valence-corrected chi connectivity index (χ1v) is 7.72. The minimum atomic E-state index is -3.48. The van der Waals surface area contributed by atoms with Gasteiger partial charge in [-0.3, -0.25) is 4.79 Å². The van der Waals surface area contributed by atoms with Crippen LogP contribution >= 0.6 is 0 Å². The van der Waals surface area contributed by atoms with Gasteiger partial charge in [-0.2, -0.15) is 8.78 Å². The lowest BCUT2D eigenvalue weighted by molar-refractivity contribution is -0.117. The van der Waals surface area contributed by atoms with Crippen LogP contribution in [0.5, 0.6) is 0 Å². The maximum atomic E-state index is 14.4. The fourth-order valence-electron chi connectivity index (χ4n) is 2.72. The summed E-state index contributed by atoms with van der Waals surface area (Å²) in [6, 6.07) is 3.11. The van der Waals surface area contributed by atoms with Crippen molar-refractivity contribution in [1.82, 2.24) is 4.98 Å². The summed E-state index contributed by atoms with van der Waals surface area (Å²) >= 11 is 0. The summed E-state index contributed by atoms with van der Waals surface area (Å²) in [5.74, 6) is -4.42. The van der Waals surface area contributed by atoms with E-state index in [0.29, 0.717) is 11.5 Å². The zero-order valence-electron chi connectivity index (χ0n) is 14.1. The number of amidine groups is 1. The van der Waals surface area contributed by atoms with Gasteiger partial charge in [-0.1, -0.05) is 6.07 Å². The van der Waals surface area contributed by atoms with Crippen LogP contribution in [-0.2, 0) is 16.7 Å². The molecule has 26 heavy (non-hydrogen) atoms. The molecule has 9 heteroatoms. The smallest absolute Gasteiger partial charge is 0.310 e. The molecule has 2 aromatic rings. The summed E-state index contributed by atoms with van der Waals surface area (Å²) < 4.78 is 52.7. The van der Waals surface area contributed by atoms with Crippen LogP contribution < -0.4 is 5.73 Å². The van der Waals surface area contributed by atoms with Crippen molar-refractivity contribution < 1.29 is 27.1 Å². The number of hydrogen-bond acceptors (Lipinski definition) is 6. The lowest BCUT2D eigenvalue weighted by atomic mass is 9.84. The van der Waals surface area contributed by atoms with Gasteiger partial charge < -0.3 is 14.9 Å². The molecule has 0 aliphatic carbocycles. The first-order valence-electron chi connectivity index (χ1n) is 7.72. The van der Waals surface area contributed by atoms with Crippen LogP contribution in [0.15, 0.2) is 33.9 Å². The summed E-state index contributed by atoms with van der Waals surface area (Å²) in [5, 5.41) is 0. The maximum Gasteiger partial charge on any atom is 0.310 e. The molecule has 1 aromatic carbocycles. The highest BCUT2D eigenvalue weighted by Gasteiger charge is 2.56. The molecule has 138 valence electrons. The predicted octanol–water partition coefficient (Wildman–Crippen LogP) is 2.74. The highest BCUT2D eigenvalue weighted by molar-refractivity contribution is 5.95. The highest BCUT2D eigenvalue weighted by Crippen LogP contribution is 2.44. The zero-order chi connectivity index (χ0) is 19.1. The van der Waals surface area contributed by atoms with Gasteiger partial charge in [0, 0.05) is 18.9 Å². The molecule has 6 nitrogen and oxygen atoms in total. The summed E-state index contributed by atoms with van der Waals surface area (Å²) in [4.78, 5) is 19.8. The number of Topliss-reactive ketones (excluding diaryl/α,β-unsaturated/α-hetero) is 1. The Balaban J connectivity index is 1.98. The average molecular weight is 367 g/mol. The van der Waals surface area contributed by atoms with Crippen molar-refractivity contribution in [2.75, 3.05) is 6.61 Å². The van der Waals surface area contributed by atoms with Gasteiger partial charge in [0.1, 0.15) is 17.8 Å². The fraction of sp³-hybridized carbons (Fsp3) is 0.353. The fourth-order valence-corrected chi connectivity index (χ4v) is 2.72. The molecule has 1 aromatic heterocycles. The molecular formula is C17H16F3N3O3. The lowest BCUT2D eigenvalue weighted by Crippen LogP contribution is -2.51. The molecule has 2 heterocycles. The number of nitrogens with zero attached hydrogens (tertiary/aromatic N) is 2. The number of aryl methyl sites for hydroxylation is 1. The van der Waals surface area contributed by atoms with Crippen molar-refractivity contribution in [2.45, 2.75) is 31.7 Å². The Morgan fingerprint density at radius 2 is 2.12 bits per heavy atom. The second kappa shape index (κ2) is 6.15. The Hall–Kier alpha value is -2.84. The molecular weight excluding hydrogens is 351 g/mol. The summed E-state index contributed by atoms with van der Waals surface area (Å²) in [6.07, 6.45) is 1.05. The molecule has 1 aliphatic rings.